The van der Waals surface area contributed by atoms with Crippen molar-refractivity contribution in [2.75, 3.05) is 19.8 Å². The van der Waals surface area contributed by atoms with Gasteiger partial charge in [0.15, 0.2) is 0 Å². The molecule has 3 nitrogen and oxygen atoms in total. The summed E-state index contributed by atoms with van der Waals surface area (Å²) in [4.78, 5) is 0. The van der Waals surface area contributed by atoms with E-state index in [-0.39, 0.29) is 0 Å². The van der Waals surface area contributed by atoms with Gasteiger partial charge >= 0.3 is 0 Å². The summed E-state index contributed by atoms with van der Waals surface area (Å²) in [6.07, 6.45) is 3.88. The van der Waals surface area contributed by atoms with Gasteiger partial charge in [-0.2, -0.15) is 0 Å². The summed E-state index contributed by atoms with van der Waals surface area (Å²) in [6.45, 7) is 2.90. The second-order valence-corrected chi connectivity index (χ2v) is 4.03. The van der Waals surface area contributed by atoms with Crippen LogP contribution < -0.4 is 5.14 Å². The van der Waals surface area contributed by atoms with Crippen molar-refractivity contribution in [1.82, 2.24) is 4.31 Å². The minimum absolute atomic E-state index is 0.317. The quantitative estimate of drug-likeness (QED) is 0.596. The molecule has 2 rings (SSSR count). The summed E-state index contributed by atoms with van der Waals surface area (Å²) in [7, 11) is 0. The summed E-state index contributed by atoms with van der Waals surface area (Å²) >= 11 is 1.38. The van der Waals surface area contributed by atoms with Crippen molar-refractivity contribution in [2.45, 2.75) is 24.8 Å². The van der Waals surface area contributed by atoms with Gasteiger partial charge in [0.05, 0.1) is 18.8 Å². The lowest BCUT2D eigenvalue weighted by molar-refractivity contribution is -0.122. The smallest absolute Gasteiger partial charge is 0.0791 e. The number of hydrogen-bond acceptors (Lipinski definition) is 4. The van der Waals surface area contributed by atoms with E-state index < -0.39 is 0 Å². The molecule has 2 aliphatic rings. The Hall–Kier alpha value is 0.230. The highest BCUT2D eigenvalue weighted by Gasteiger charge is 2.45. The molecule has 0 unspecified atom stereocenters. The molecule has 0 aromatic rings. The van der Waals surface area contributed by atoms with Gasteiger partial charge in [0.2, 0.25) is 0 Å². The van der Waals surface area contributed by atoms with Crippen molar-refractivity contribution < 1.29 is 4.74 Å². The zero-order chi connectivity index (χ0) is 7.73. The Morgan fingerprint density at radius 2 is 2.18 bits per heavy atom. The molecule has 2 saturated heterocycles. The number of nitrogens with zero attached hydrogens (tertiary/aromatic N) is 1. The number of rotatable bonds is 1. The lowest BCUT2D eigenvalue weighted by Crippen LogP contribution is -2.61. The fraction of sp³-hybridized carbons (Fsp3) is 1.00. The number of nitrogens with two attached hydrogens (primary N) is 1. The largest absolute Gasteiger partial charge is 0.377 e. The molecule has 0 bridgehead atoms. The zero-order valence-electron chi connectivity index (χ0n) is 6.58. The molecule has 0 aromatic heterocycles. The Morgan fingerprint density at radius 1 is 1.36 bits per heavy atom. The van der Waals surface area contributed by atoms with Crippen molar-refractivity contribution in [3.05, 3.63) is 0 Å². The molecule has 2 aliphatic heterocycles. The maximum absolute atomic E-state index is 5.58. The van der Waals surface area contributed by atoms with Crippen LogP contribution >= 0.6 is 12.1 Å². The first kappa shape index (κ1) is 7.86. The van der Waals surface area contributed by atoms with Crippen LogP contribution in [0.4, 0.5) is 0 Å². The Bertz CT molecular complexity index is 149. The first-order chi connectivity index (χ1) is 5.37. The van der Waals surface area contributed by atoms with Gasteiger partial charge in [-0.1, -0.05) is 6.42 Å². The van der Waals surface area contributed by atoms with Gasteiger partial charge in [-0.05, 0) is 12.8 Å². The molecule has 0 aliphatic carbocycles. The van der Waals surface area contributed by atoms with Gasteiger partial charge in [-0.15, -0.1) is 0 Å². The van der Waals surface area contributed by atoms with E-state index in [0.717, 1.165) is 19.8 Å². The minimum atomic E-state index is 0.317. The lowest BCUT2D eigenvalue weighted by Gasteiger charge is -2.50. The highest BCUT2D eigenvalue weighted by atomic mass is 32.2. The normalized spacial score (nSPS) is 30.3. The Balaban J connectivity index is 2.02. The van der Waals surface area contributed by atoms with Crippen molar-refractivity contribution in [2.24, 2.45) is 5.14 Å². The molecular formula is C7H14N2OS. The topological polar surface area (TPSA) is 38.5 Å². The first-order valence-corrected chi connectivity index (χ1v) is 4.93. The molecule has 0 amide bonds. The predicted molar refractivity (Wildman–Crippen MR) is 45.9 cm³/mol. The monoisotopic (exact) mass is 174 g/mol. The van der Waals surface area contributed by atoms with E-state index >= 15 is 0 Å². The zero-order valence-corrected chi connectivity index (χ0v) is 7.40. The summed E-state index contributed by atoms with van der Waals surface area (Å²) in [5.41, 5.74) is 0.317. The lowest BCUT2D eigenvalue weighted by atomic mass is 9.87. The molecule has 2 N–H and O–H groups in total. The first-order valence-electron chi connectivity index (χ1n) is 4.10. The second-order valence-electron chi connectivity index (χ2n) is 3.38. The molecule has 0 saturated carbocycles. The van der Waals surface area contributed by atoms with Gasteiger partial charge in [0.25, 0.3) is 0 Å². The summed E-state index contributed by atoms with van der Waals surface area (Å²) in [5, 5.41) is 5.58. The van der Waals surface area contributed by atoms with Crippen LogP contribution in [0.15, 0.2) is 0 Å². The predicted octanol–water partition coefficient (Wildman–Crippen LogP) is 0.763. The molecular weight excluding hydrogens is 160 g/mol. The van der Waals surface area contributed by atoms with Gasteiger partial charge in [-0.25, -0.2) is 4.31 Å². The van der Waals surface area contributed by atoms with Crippen molar-refractivity contribution in [3.63, 3.8) is 0 Å². The number of hydrogen-bond donors (Lipinski definition) is 1. The maximum atomic E-state index is 5.58. The second kappa shape index (κ2) is 2.94. The minimum Gasteiger partial charge on any atom is -0.377 e. The van der Waals surface area contributed by atoms with E-state index in [2.05, 4.69) is 4.31 Å². The average molecular weight is 174 g/mol. The summed E-state index contributed by atoms with van der Waals surface area (Å²) < 4.78 is 7.53. The third-order valence-electron chi connectivity index (χ3n) is 2.65. The van der Waals surface area contributed by atoms with E-state index in [1.807, 2.05) is 0 Å². The Morgan fingerprint density at radius 3 is 2.64 bits per heavy atom. The fourth-order valence-corrected chi connectivity index (χ4v) is 2.52. The van der Waals surface area contributed by atoms with Crippen LogP contribution in [-0.4, -0.2) is 29.6 Å². The van der Waals surface area contributed by atoms with Gasteiger partial charge in [0.1, 0.15) is 0 Å². The van der Waals surface area contributed by atoms with Crippen molar-refractivity contribution in [1.29, 1.82) is 0 Å². The molecule has 0 atom stereocenters. The highest BCUT2D eigenvalue weighted by Crippen LogP contribution is 2.37. The molecule has 1 spiro atoms. The SMILES string of the molecule is NSN1CCCCC12COC2. The van der Waals surface area contributed by atoms with E-state index in [1.54, 1.807) is 0 Å². The Labute approximate surface area is 71.5 Å². The average Bonchev–Trinajstić information content (AvgIpc) is 2.01. The third-order valence-corrected chi connectivity index (χ3v) is 3.48. The van der Waals surface area contributed by atoms with E-state index in [0.29, 0.717) is 5.54 Å². The number of piperidine rings is 1. The Kier molecular flexibility index (Phi) is 2.10. The van der Waals surface area contributed by atoms with Crippen molar-refractivity contribution in [3.8, 4) is 0 Å². The van der Waals surface area contributed by atoms with Crippen molar-refractivity contribution >= 4 is 12.1 Å². The molecule has 2 fully saturated rings. The van der Waals surface area contributed by atoms with Gasteiger partial charge in [0, 0.05) is 18.7 Å². The van der Waals surface area contributed by atoms with Crippen LogP contribution in [0.25, 0.3) is 0 Å². The summed E-state index contributed by atoms with van der Waals surface area (Å²) in [6, 6.07) is 0. The van der Waals surface area contributed by atoms with Crippen LogP contribution in [0.3, 0.4) is 0 Å². The van der Waals surface area contributed by atoms with Crippen LogP contribution in [0, 0.1) is 0 Å². The third kappa shape index (κ3) is 1.18. The van der Waals surface area contributed by atoms with Gasteiger partial charge in [-0.3, -0.25) is 5.14 Å². The van der Waals surface area contributed by atoms with Gasteiger partial charge < -0.3 is 4.74 Å². The fourth-order valence-electron chi connectivity index (χ4n) is 1.86. The van der Waals surface area contributed by atoms with E-state index in [4.69, 9.17) is 9.88 Å². The molecule has 0 radical (unpaired) electrons. The van der Waals surface area contributed by atoms with E-state index in [9.17, 15) is 0 Å². The highest BCUT2D eigenvalue weighted by molar-refractivity contribution is 7.94. The molecule has 2 heterocycles. The van der Waals surface area contributed by atoms with E-state index in [1.165, 1.54) is 31.4 Å². The summed E-state index contributed by atoms with van der Waals surface area (Å²) in [5.74, 6) is 0. The molecule has 0 aromatic carbocycles. The number of ether oxygens (including phenoxy) is 1. The standard InChI is InChI=1S/C7H14N2OS/c8-11-9-4-2-1-3-7(9)5-10-6-7/h1-6,8H2. The van der Waals surface area contributed by atoms with Crippen LogP contribution in [0.1, 0.15) is 19.3 Å². The maximum Gasteiger partial charge on any atom is 0.0791 e. The van der Waals surface area contributed by atoms with Crippen LogP contribution in [-0.2, 0) is 4.74 Å². The molecule has 64 valence electrons. The van der Waals surface area contributed by atoms with Crippen LogP contribution in [0.5, 0.6) is 0 Å². The molecule has 11 heavy (non-hydrogen) atoms. The van der Waals surface area contributed by atoms with Crippen LogP contribution in [0.2, 0.25) is 0 Å². The molecule has 4 heteroatoms.